The topological polar surface area (TPSA) is 58.6 Å². The Balaban J connectivity index is 2.04. The third-order valence-corrected chi connectivity index (χ3v) is 3.17. The van der Waals surface area contributed by atoms with E-state index in [4.69, 9.17) is 4.74 Å². The summed E-state index contributed by atoms with van der Waals surface area (Å²) in [7, 11) is 1.65. The number of hydrogen-bond donors (Lipinski definition) is 0. The van der Waals surface area contributed by atoms with Gasteiger partial charge in [-0.2, -0.15) is 0 Å². The molecule has 0 unspecified atom stereocenters. The van der Waals surface area contributed by atoms with E-state index in [9.17, 15) is 4.79 Å². The molecule has 1 aromatic rings. The normalized spacial score (nSPS) is 16.6. The average Bonchev–Trinajstić information content (AvgIpc) is 2.58. The first-order valence-corrected chi connectivity index (χ1v) is 6.52. The molecule has 0 aliphatic carbocycles. The van der Waals surface area contributed by atoms with Crippen molar-refractivity contribution in [3.8, 4) is 0 Å². The van der Waals surface area contributed by atoms with Gasteiger partial charge in [-0.05, 0) is 19.4 Å². The first-order chi connectivity index (χ1) is 9.20. The Hall–Kier alpha value is -1.69. The number of carbonyl (C=O) groups excluding carboxylic acids is 1. The molecule has 0 N–H and O–H groups in total. The molecule has 0 saturated carbocycles. The molecule has 1 amide bonds. The van der Waals surface area contributed by atoms with Gasteiger partial charge in [0.2, 0.25) is 11.9 Å². The summed E-state index contributed by atoms with van der Waals surface area (Å²) in [6, 6.07) is 1.86. The predicted octanol–water partition coefficient (Wildman–Crippen LogP) is 0.470. The van der Waals surface area contributed by atoms with Crippen molar-refractivity contribution in [3.05, 3.63) is 18.0 Å². The average molecular weight is 264 g/mol. The molecule has 0 bridgehead atoms. The van der Waals surface area contributed by atoms with Crippen molar-refractivity contribution in [2.24, 2.45) is 0 Å². The molecule has 0 spiro atoms. The number of anilines is 1. The van der Waals surface area contributed by atoms with E-state index in [-0.39, 0.29) is 5.91 Å². The second-order valence-electron chi connectivity index (χ2n) is 4.65. The molecule has 0 aromatic carbocycles. The molecule has 104 valence electrons. The van der Waals surface area contributed by atoms with E-state index in [0.29, 0.717) is 25.6 Å². The molecule has 1 fully saturated rings. The number of rotatable bonds is 4. The molecule has 1 aliphatic heterocycles. The summed E-state index contributed by atoms with van der Waals surface area (Å²) in [4.78, 5) is 24.6. The molecule has 1 saturated heterocycles. The minimum Gasteiger partial charge on any atom is -0.383 e. The van der Waals surface area contributed by atoms with Crippen molar-refractivity contribution >= 4 is 11.9 Å². The van der Waals surface area contributed by atoms with Gasteiger partial charge in [0, 0.05) is 38.6 Å². The lowest BCUT2D eigenvalue weighted by molar-refractivity contribution is -0.129. The molecule has 0 atom stereocenters. The Labute approximate surface area is 113 Å². The Morgan fingerprint density at radius 1 is 1.42 bits per heavy atom. The summed E-state index contributed by atoms with van der Waals surface area (Å²) in [5, 5.41) is 0. The van der Waals surface area contributed by atoms with Gasteiger partial charge in [0.05, 0.1) is 13.2 Å². The van der Waals surface area contributed by atoms with Gasteiger partial charge in [0.25, 0.3) is 0 Å². The van der Waals surface area contributed by atoms with Gasteiger partial charge in [-0.25, -0.2) is 9.97 Å². The highest BCUT2D eigenvalue weighted by atomic mass is 16.5. The van der Waals surface area contributed by atoms with E-state index < -0.39 is 0 Å². The minimum atomic E-state index is 0.111. The van der Waals surface area contributed by atoms with Gasteiger partial charge < -0.3 is 14.5 Å². The first-order valence-electron chi connectivity index (χ1n) is 6.52. The summed E-state index contributed by atoms with van der Waals surface area (Å²) < 4.78 is 5.03. The Morgan fingerprint density at radius 2 is 2.26 bits per heavy atom. The van der Waals surface area contributed by atoms with Crippen molar-refractivity contribution in [1.29, 1.82) is 0 Å². The van der Waals surface area contributed by atoms with Crippen molar-refractivity contribution in [2.45, 2.75) is 13.3 Å². The minimum absolute atomic E-state index is 0.111. The van der Waals surface area contributed by atoms with Crippen molar-refractivity contribution in [3.63, 3.8) is 0 Å². The molecule has 2 rings (SSSR count). The van der Waals surface area contributed by atoms with Crippen molar-refractivity contribution in [2.75, 3.05) is 44.8 Å². The van der Waals surface area contributed by atoms with Crippen LogP contribution in [0.1, 0.15) is 12.1 Å². The van der Waals surface area contributed by atoms with Crippen LogP contribution >= 0.6 is 0 Å². The van der Waals surface area contributed by atoms with Crippen molar-refractivity contribution < 1.29 is 9.53 Å². The van der Waals surface area contributed by atoms with E-state index in [2.05, 4.69) is 9.97 Å². The highest BCUT2D eigenvalue weighted by Gasteiger charge is 2.22. The van der Waals surface area contributed by atoms with E-state index in [0.717, 1.165) is 25.2 Å². The van der Waals surface area contributed by atoms with Crippen LogP contribution in [0.4, 0.5) is 5.95 Å². The van der Waals surface area contributed by atoms with Gasteiger partial charge in [-0.15, -0.1) is 0 Å². The van der Waals surface area contributed by atoms with Gasteiger partial charge in [0.15, 0.2) is 0 Å². The quantitative estimate of drug-likeness (QED) is 0.791. The second kappa shape index (κ2) is 6.47. The number of methoxy groups -OCH3 is 1. The van der Waals surface area contributed by atoms with Crippen molar-refractivity contribution in [1.82, 2.24) is 14.9 Å². The third-order valence-electron chi connectivity index (χ3n) is 3.17. The molecular formula is C13H20N4O2. The number of amides is 1. The largest absolute Gasteiger partial charge is 0.383 e. The summed E-state index contributed by atoms with van der Waals surface area (Å²) in [5.41, 5.74) is 0.915. The molecule has 19 heavy (non-hydrogen) atoms. The smallest absolute Gasteiger partial charge is 0.242 e. The number of nitrogens with zero attached hydrogens (tertiary/aromatic N) is 4. The van der Waals surface area contributed by atoms with Gasteiger partial charge in [-0.3, -0.25) is 4.79 Å². The summed E-state index contributed by atoms with van der Waals surface area (Å²) in [6.07, 6.45) is 2.66. The monoisotopic (exact) mass is 264 g/mol. The van der Waals surface area contributed by atoms with E-state index >= 15 is 0 Å². The fourth-order valence-electron chi connectivity index (χ4n) is 2.12. The summed E-state index contributed by atoms with van der Waals surface area (Å²) in [5.74, 6) is 0.751. The lowest BCUT2D eigenvalue weighted by atomic mass is 10.4. The van der Waals surface area contributed by atoms with Crippen LogP contribution in [-0.4, -0.2) is 60.7 Å². The molecule has 1 aliphatic rings. The Morgan fingerprint density at radius 3 is 3.00 bits per heavy atom. The highest BCUT2D eigenvalue weighted by Crippen LogP contribution is 2.12. The fraction of sp³-hybridized carbons (Fsp3) is 0.615. The van der Waals surface area contributed by atoms with Crippen LogP contribution in [0.2, 0.25) is 0 Å². The van der Waals surface area contributed by atoms with Gasteiger partial charge in [-0.1, -0.05) is 0 Å². The highest BCUT2D eigenvalue weighted by molar-refractivity contribution is 5.81. The third kappa shape index (κ3) is 3.64. The van der Waals surface area contributed by atoms with E-state index in [1.807, 2.05) is 22.8 Å². The fourth-order valence-corrected chi connectivity index (χ4v) is 2.12. The zero-order chi connectivity index (χ0) is 13.7. The number of ether oxygens (including phenoxy) is 1. The zero-order valence-corrected chi connectivity index (χ0v) is 11.5. The maximum atomic E-state index is 12.2. The van der Waals surface area contributed by atoms with Gasteiger partial charge >= 0.3 is 0 Å². The Bertz CT molecular complexity index is 438. The van der Waals surface area contributed by atoms with E-state index in [1.54, 1.807) is 13.3 Å². The molecular weight excluding hydrogens is 244 g/mol. The molecule has 6 nitrogen and oxygen atoms in total. The first kappa shape index (κ1) is 13.7. The lowest BCUT2D eigenvalue weighted by Crippen LogP contribution is -2.38. The molecule has 0 radical (unpaired) electrons. The number of aromatic nitrogens is 2. The number of carbonyl (C=O) groups is 1. The maximum Gasteiger partial charge on any atom is 0.242 e. The molecule has 1 aromatic heterocycles. The van der Waals surface area contributed by atoms with Gasteiger partial charge in [0.1, 0.15) is 0 Å². The van der Waals surface area contributed by atoms with Crippen LogP contribution in [-0.2, 0) is 9.53 Å². The predicted molar refractivity (Wildman–Crippen MR) is 72.1 cm³/mol. The lowest BCUT2D eigenvalue weighted by Gasteiger charge is -2.21. The standard InChI is InChI=1S/C13H20N4O2/c1-11-4-5-14-13(15-11)17-7-3-6-16(8-9-19-2)12(18)10-17/h4-5H,3,6-10H2,1-2H3. The maximum absolute atomic E-state index is 12.2. The van der Waals surface area contributed by atoms with Crippen LogP contribution in [0.5, 0.6) is 0 Å². The van der Waals surface area contributed by atoms with Crippen LogP contribution in [0.15, 0.2) is 12.3 Å². The number of hydrogen-bond acceptors (Lipinski definition) is 5. The zero-order valence-electron chi connectivity index (χ0n) is 11.5. The molecule has 2 heterocycles. The number of aryl methyl sites for hydroxylation is 1. The second-order valence-corrected chi connectivity index (χ2v) is 4.65. The Kier molecular flexibility index (Phi) is 4.68. The summed E-state index contributed by atoms with van der Waals surface area (Å²) in [6.45, 7) is 5.07. The van der Waals surface area contributed by atoms with Crippen LogP contribution in [0.25, 0.3) is 0 Å². The van der Waals surface area contributed by atoms with Crippen LogP contribution in [0, 0.1) is 6.92 Å². The van der Waals surface area contributed by atoms with Crippen LogP contribution in [0.3, 0.4) is 0 Å². The SMILES string of the molecule is COCCN1CCCN(c2nccc(C)n2)CC1=O. The molecule has 6 heteroatoms. The van der Waals surface area contributed by atoms with Crippen LogP contribution < -0.4 is 4.90 Å². The van der Waals surface area contributed by atoms with E-state index in [1.165, 1.54) is 0 Å². The summed E-state index contributed by atoms with van der Waals surface area (Å²) >= 11 is 0.